The first-order valence-electron chi connectivity index (χ1n) is 25.5. The number of carbonyl (C=O) groups excluding carboxylic acids is 2. The second-order valence-corrected chi connectivity index (χ2v) is 20.5. The van der Waals surface area contributed by atoms with Gasteiger partial charge < -0.3 is 60.4 Å². The minimum absolute atomic E-state index is 0.0322. The van der Waals surface area contributed by atoms with E-state index in [4.69, 9.17) is 29.9 Å². The summed E-state index contributed by atoms with van der Waals surface area (Å²) >= 11 is 0. The van der Waals surface area contributed by atoms with Crippen molar-refractivity contribution in [2.45, 2.75) is 151 Å². The Morgan fingerprint density at radius 2 is 1.10 bits per heavy atom. The summed E-state index contributed by atoms with van der Waals surface area (Å²) in [6, 6.07) is -0.636. The highest BCUT2D eigenvalue weighted by atomic mass is 16.3. The Bertz CT molecular complexity index is 2800. The number of aryl methyl sites for hydroxylation is 2. The largest absolute Gasteiger partial charge is 0.388 e. The standard InChI is InChI=1S/C48H66N18O4/c1-63-21-32(51-23-63)15-17-49-47-59-41(37-43(61-47)65(25-53-37)34-14-13-31(19-34)57-45(69)27-5-3-6-27)55-29-9-11-30(12-10-29)56-42-38-44(62-48(60-42)50-18-16-33-22-64(2)24-52-33)66(26-54-38)36-20-35(39(67)40(36)68)58-46(70)28-7-4-8-28/h21-31,34-36,39-40,67-68H,3-20H2,1-2H3,(H,57,69)(H,58,70)(H2,49,55,59,61)(H2,50,56,60,62)/t29-,30-,31-,34+,35+,36-,39-,40+/m1/s1. The second-order valence-electron chi connectivity index (χ2n) is 20.5. The van der Waals surface area contributed by atoms with Crippen molar-refractivity contribution in [3.05, 3.63) is 49.1 Å². The molecule has 70 heavy (non-hydrogen) atoms. The van der Waals surface area contributed by atoms with Gasteiger partial charge in [0.25, 0.3) is 0 Å². The summed E-state index contributed by atoms with van der Waals surface area (Å²) in [6.07, 6.45) is 22.5. The number of carbonyl (C=O) groups is 2. The summed E-state index contributed by atoms with van der Waals surface area (Å²) in [5.74, 6) is 2.49. The molecule has 5 aliphatic rings. The van der Waals surface area contributed by atoms with Gasteiger partial charge in [-0.1, -0.05) is 12.8 Å². The first kappa shape index (κ1) is 46.0. The molecule has 5 aliphatic carbocycles. The maximum absolute atomic E-state index is 12.9. The van der Waals surface area contributed by atoms with Gasteiger partial charge >= 0.3 is 0 Å². The highest BCUT2D eigenvalue weighted by Crippen LogP contribution is 2.38. The molecule has 0 unspecified atom stereocenters. The van der Waals surface area contributed by atoms with Crippen LogP contribution in [-0.2, 0) is 36.5 Å². The lowest BCUT2D eigenvalue weighted by Crippen LogP contribution is -2.46. The number of aliphatic hydroxyl groups excluding tert-OH is 2. The SMILES string of the molecule is Cn1cnc(CCNc2nc(N[C@H]3CC[C@H](Nc4nc(NCCc5cn(C)cn5)nc5c4ncn5[C@@H]4C[C@H](NC(=O)C5CCC5)[C@@H](O)[C@H]4O)CC3)c3ncn([C@H]4CC[C@@H](NC(=O)C5CCC5)C4)c3n2)c1. The van der Waals surface area contributed by atoms with Crippen molar-refractivity contribution < 1.29 is 19.8 Å². The summed E-state index contributed by atoms with van der Waals surface area (Å²) in [7, 11) is 3.91. The molecule has 11 rings (SSSR count). The topological polar surface area (TPSA) is 270 Å². The number of aliphatic hydroxyl groups is 2. The molecule has 0 aliphatic heterocycles. The quantitative estimate of drug-likeness (QED) is 0.0612. The molecule has 0 spiro atoms. The van der Waals surface area contributed by atoms with Gasteiger partial charge in [0.2, 0.25) is 23.7 Å². The number of hydrogen-bond donors (Lipinski definition) is 8. The van der Waals surface area contributed by atoms with Gasteiger partial charge in [0.15, 0.2) is 34.0 Å². The molecule has 8 N–H and O–H groups in total. The van der Waals surface area contributed by atoms with Gasteiger partial charge in [0, 0.05) is 88.4 Å². The molecule has 22 heteroatoms. The molecule has 6 atom stereocenters. The van der Waals surface area contributed by atoms with E-state index in [-0.39, 0.29) is 47.8 Å². The van der Waals surface area contributed by atoms with E-state index >= 15 is 0 Å². The number of fused-ring (bicyclic) bond motifs is 2. The zero-order chi connectivity index (χ0) is 47.9. The maximum Gasteiger partial charge on any atom is 0.226 e. The highest BCUT2D eigenvalue weighted by molar-refractivity contribution is 5.86. The normalized spacial score (nSPS) is 26.0. The lowest BCUT2D eigenvalue weighted by molar-refractivity contribution is -0.129. The number of amides is 2. The molecule has 0 saturated heterocycles. The van der Waals surface area contributed by atoms with Gasteiger partial charge in [-0.15, -0.1) is 0 Å². The molecule has 372 valence electrons. The maximum atomic E-state index is 12.9. The molecular weight excluding hydrogens is 893 g/mol. The molecule has 2 amide bonds. The van der Waals surface area contributed by atoms with Crippen molar-refractivity contribution in [2.75, 3.05) is 34.4 Å². The average molecular weight is 959 g/mol. The van der Waals surface area contributed by atoms with E-state index in [0.717, 1.165) is 112 Å². The number of imidazole rings is 4. The van der Waals surface area contributed by atoms with Crippen LogP contribution in [0.3, 0.4) is 0 Å². The predicted molar refractivity (Wildman–Crippen MR) is 262 cm³/mol. The van der Waals surface area contributed by atoms with Gasteiger partial charge in [0.1, 0.15) is 12.2 Å². The van der Waals surface area contributed by atoms with Crippen LogP contribution in [0.15, 0.2) is 37.7 Å². The molecule has 0 aromatic carbocycles. The third-order valence-electron chi connectivity index (χ3n) is 15.5. The van der Waals surface area contributed by atoms with Gasteiger partial charge in [-0.25, -0.2) is 19.9 Å². The summed E-state index contributed by atoms with van der Waals surface area (Å²) in [5, 5.41) is 43.2. The third-order valence-corrected chi connectivity index (χ3v) is 15.5. The number of aromatic nitrogens is 12. The van der Waals surface area contributed by atoms with E-state index in [2.05, 4.69) is 46.4 Å². The monoisotopic (exact) mass is 959 g/mol. The summed E-state index contributed by atoms with van der Waals surface area (Å²) < 4.78 is 7.86. The van der Waals surface area contributed by atoms with Crippen LogP contribution in [0.2, 0.25) is 0 Å². The second kappa shape index (κ2) is 19.8. The number of rotatable bonds is 18. The Balaban J connectivity index is 0.791. The number of nitrogens with zero attached hydrogens (tertiary/aromatic N) is 12. The van der Waals surface area contributed by atoms with Gasteiger partial charge in [-0.2, -0.15) is 19.9 Å². The van der Waals surface area contributed by atoms with Crippen molar-refractivity contribution in [3.63, 3.8) is 0 Å². The molecule has 0 radical (unpaired) electrons. The van der Waals surface area contributed by atoms with Crippen LogP contribution in [0.25, 0.3) is 22.3 Å². The first-order valence-corrected chi connectivity index (χ1v) is 25.5. The molecule has 6 heterocycles. The third kappa shape index (κ3) is 9.71. The van der Waals surface area contributed by atoms with Crippen molar-refractivity contribution >= 4 is 57.7 Å². The lowest BCUT2D eigenvalue weighted by atomic mass is 9.84. The van der Waals surface area contributed by atoms with Gasteiger partial charge in [0.05, 0.1) is 48.8 Å². The van der Waals surface area contributed by atoms with Crippen LogP contribution in [-0.4, -0.2) is 130 Å². The van der Waals surface area contributed by atoms with E-state index in [0.29, 0.717) is 60.6 Å². The van der Waals surface area contributed by atoms with Crippen molar-refractivity contribution in [2.24, 2.45) is 25.9 Å². The number of nitrogens with one attached hydrogen (secondary N) is 6. The molecular formula is C48H66N18O4. The van der Waals surface area contributed by atoms with Crippen molar-refractivity contribution in [1.82, 2.24) is 68.8 Å². The Labute approximate surface area is 405 Å². The predicted octanol–water partition coefficient (Wildman–Crippen LogP) is 3.54. The zero-order valence-corrected chi connectivity index (χ0v) is 40.0. The van der Waals surface area contributed by atoms with E-state index in [9.17, 15) is 19.8 Å². The van der Waals surface area contributed by atoms with E-state index in [1.807, 2.05) is 46.5 Å². The van der Waals surface area contributed by atoms with Gasteiger partial charge in [-0.3, -0.25) is 9.59 Å². The van der Waals surface area contributed by atoms with Crippen LogP contribution in [0.1, 0.15) is 113 Å². The minimum Gasteiger partial charge on any atom is -0.388 e. The van der Waals surface area contributed by atoms with Crippen LogP contribution in [0.4, 0.5) is 23.5 Å². The van der Waals surface area contributed by atoms with Crippen molar-refractivity contribution in [3.8, 4) is 0 Å². The lowest BCUT2D eigenvalue weighted by Gasteiger charge is -2.30. The van der Waals surface area contributed by atoms with Crippen LogP contribution in [0.5, 0.6) is 0 Å². The summed E-state index contributed by atoms with van der Waals surface area (Å²) in [5.41, 5.74) is 4.52. The minimum atomic E-state index is -1.13. The van der Waals surface area contributed by atoms with Gasteiger partial charge in [-0.05, 0) is 77.0 Å². The van der Waals surface area contributed by atoms with Crippen LogP contribution in [0, 0.1) is 11.8 Å². The van der Waals surface area contributed by atoms with Crippen molar-refractivity contribution in [1.29, 1.82) is 0 Å². The number of anilines is 4. The molecule has 6 aromatic rings. The Morgan fingerprint density at radius 1 is 0.586 bits per heavy atom. The molecule has 5 fully saturated rings. The summed E-state index contributed by atoms with van der Waals surface area (Å²) in [6.45, 7) is 1.16. The molecule has 22 nitrogen and oxygen atoms in total. The average Bonchev–Trinajstić information content (AvgIpc) is 4.18. The fourth-order valence-electron chi connectivity index (χ4n) is 11.0. The van der Waals surface area contributed by atoms with Crippen LogP contribution < -0.4 is 31.9 Å². The smallest absolute Gasteiger partial charge is 0.226 e. The van der Waals surface area contributed by atoms with E-state index < -0.39 is 24.3 Å². The Hall–Kier alpha value is -6.42. The van der Waals surface area contributed by atoms with E-state index in [1.165, 1.54) is 0 Å². The van der Waals surface area contributed by atoms with Crippen LogP contribution >= 0.6 is 0 Å². The van der Waals surface area contributed by atoms with E-state index in [1.54, 1.807) is 19.0 Å². The molecule has 0 bridgehead atoms. The number of hydrogen-bond acceptors (Lipinski definition) is 16. The highest BCUT2D eigenvalue weighted by Gasteiger charge is 2.45. The zero-order valence-electron chi connectivity index (χ0n) is 40.0. The summed E-state index contributed by atoms with van der Waals surface area (Å²) in [4.78, 5) is 64.3. The first-order chi connectivity index (χ1) is 34.1. The molecule has 5 saturated carbocycles. The Morgan fingerprint density at radius 3 is 1.61 bits per heavy atom. The molecule has 6 aromatic heterocycles. The fourth-order valence-corrected chi connectivity index (χ4v) is 11.0. The fraction of sp³-hybridized carbons (Fsp3) is 0.625. The Kier molecular flexibility index (Phi) is 13.0.